The van der Waals surface area contributed by atoms with Gasteiger partial charge in [0.1, 0.15) is 17.2 Å². The molecule has 0 aliphatic carbocycles. The molecule has 9 nitrogen and oxygen atoms in total. The number of ether oxygens (including phenoxy) is 1. The first kappa shape index (κ1) is 23.3. The normalized spacial score (nSPS) is 18.2. The number of aryl methyl sites for hydroxylation is 1. The molecule has 168 valence electrons. The van der Waals surface area contributed by atoms with Crippen molar-refractivity contribution in [1.29, 1.82) is 0 Å². The zero-order valence-electron chi connectivity index (χ0n) is 18.4. The summed E-state index contributed by atoms with van der Waals surface area (Å²) in [5.74, 6) is 2.65. The number of amides is 1. The minimum Gasteiger partial charge on any atom is -0.444 e. The van der Waals surface area contributed by atoms with Crippen LogP contribution in [0.15, 0.2) is 35.7 Å². The Balaban J connectivity index is 0.00000272. The SMILES string of the molecule is Cc1nccn1-c1ccc(CNC2=NCC3CN(C(=O)OC(C)(C)C)CCN23)cn1.I. The fourth-order valence-electron chi connectivity index (χ4n) is 3.69. The van der Waals surface area contributed by atoms with Gasteiger partial charge >= 0.3 is 6.09 Å². The van der Waals surface area contributed by atoms with Crippen LogP contribution >= 0.6 is 24.0 Å². The fraction of sp³-hybridized carbons (Fsp3) is 0.524. The molecule has 0 spiro atoms. The second-order valence-corrected chi connectivity index (χ2v) is 8.66. The number of pyridine rings is 1. The van der Waals surface area contributed by atoms with E-state index in [1.165, 1.54) is 0 Å². The molecule has 2 aromatic heterocycles. The maximum atomic E-state index is 12.3. The number of carbonyl (C=O) groups is 1. The van der Waals surface area contributed by atoms with Crippen molar-refractivity contribution < 1.29 is 9.53 Å². The van der Waals surface area contributed by atoms with Crippen LogP contribution in [-0.2, 0) is 11.3 Å². The summed E-state index contributed by atoms with van der Waals surface area (Å²) in [6, 6.07) is 4.24. The van der Waals surface area contributed by atoms with Crippen LogP contribution < -0.4 is 5.32 Å². The number of aliphatic imine (C=N–C) groups is 1. The molecule has 1 fully saturated rings. The zero-order valence-corrected chi connectivity index (χ0v) is 20.7. The standard InChI is InChI=1S/C21H29N7O2.HI/c1-15-22-7-8-27(15)18-6-5-16(11-23-18)12-24-19-25-13-17-14-26(9-10-28(17)19)20(29)30-21(2,3)4;/h5-8,11,17H,9-10,12-14H2,1-4H3,(H,24,25);1H. The van der Waals surface area contributed by atoms with E-state index in [9.17, 15) is 4.79 Å². The predicted octanol–water partition coefficient (Wildman–Crippen LogP) is 2.57. The lowest BCUT2D eigenvalue weighted by Crippen LogP contribution is -2.57. The molecule has 2 aliphatic rings. The van der Waals surface area contributed by atoms with Crippen molar-refractivity contribution in [1.82, 2.24) is 29.7 Å². The lowest BCUT2D eigenvalue weighted by molar-refractivity contribution is 0.0137. The highest BCUT2D eigenvalue weighted by Crippen LogP contribution is 2.19. The van der Waals surface area contributed by atoms with E-state index < -0.39 is 5.60 Å². The van der Waals surface area contributed by atoms with Gasteiger partial charge in [0, 0.05) is 44.8 Å². The van der Waals surface area contributed by atoms with E-state index in [-0.39, 0.29) is 36.1 Å². The average Bonchev–Trinajstić information content (AvgIpc) is 3.31. The number of carbonyl (C=O) groups excluding carboxylic acids is 1. The highest BCUT2D eigenvalue weighted by Gasteiger charge is 2.36. The van der Waals surface area contributed by atoms with Crippen LogP contribution in [0.2, 0.25) is 0 Å². The Hall–Kier alpha value is -2.37. The van der Waals surface area contributed by atoms with Crippen molar-refractivity contribution in [3.63, 3.8) is 0 Å². The van der Waals surface area contributed by atoms with E-state index in [0.29, 0.717) is 26.2 Å². The summed E-state index contributed by atoms with van der Waals surface area (Å²) in [4.78, 5) is 29.8. The molecule has 2 aromatic rings. The predicted molar refractivity (Wildman–Crippen MR) is 129 cm³/mol. The third-order valence-corrected chi connectivity index (χ3v) is 5.19. The van der Waals surface area contributed by atoms with Crippen molar-refractivity contribution >= 4 is 36.0 Å². The minimum absolute atomic E-state index is 0. The Bertz CT molecular complexity index is 936. The van der Waals surface area contributed by atoms with E-state index in [2.05, 4.69) is 31.2 Å². The Morgan fingerprint density at radius 3 is 2.71 bits per heavy atom. The number of rotatable bonds is 3. The molecule has 0 radical (unpaired) electrons. The van der Waals surface area contributed by atoms with E-state index in [0.717, 1.165) is 29.7 Å². The van der Waals surface area contributed by atoms with Crippen LogP contribution in [0.1, 0.15) is 32.2 Å². The van der Waals surface area contributed by atoms with Gasteiger partial charge in [-0.2, -0.15) is 0 Å². The third kappa shape index (κ3) is 5.46. The summed E-state index contributed by atoms with van der Waals surface area (Å²) in [6.45, 7) is 10.9. The van der Waals surface area contributed by atoms with Gasteiger partial charge < -0.3 is 19.9 Å². The van der Waals surface area contributed by atoms with Crippen molar-refractivity contribution in [2.24, 2.45) is 4.99 Å². The molecular weight excluding hydrogens is 509 g/mol. The second-order valence-electron chi connectivity index (χ2n) is 8.66. The Morgan fingerprint density at radius 1 is 1.26 bits per heavy atom. The van der Waals surface area contributed by atoms with E-state index in [1.54, 1.807) is 11.1 Å². The molecule has 1 saturated heterocycles. The molecule has 0 saturated carbocycles. The lowest BCUT2D eigenvalue weighted by Gasteiger charge is -2.39. The van der Waals surface area contributed by atoms with Crippen molar-refractivity contribution in [2.75, 3.05) is 26.2 Å². The van der Waals surface area contributed by atoms with Gasteiger partial charge in [-0.15, -0.1) is 24.0 Å². The number of aromatic nitrogens is 3. The third-order valence-electron chi connectivity index (χ3n) is 5.19. The number of nitrogens with one attached hydrogen (secondary N) is 1. The van der Waals surface area contributed by atoms with E-state index in [1.807, 2.05) is 50.7 Å². The van der Waals surface area contributed by atoms with Gasteiger partial charge in [-0.3, -0.25) is 9.56 Å². The summed E-state index contributed by atoms with van der Waals surface area (Å²) < 4.78 is 7.46. The monoisotopic (exact) mass is 539 g/mol. The topological polar surface area (TPSA) is 87.9 Å². The molecule has 1 N–H and O–H groups in total. The molecule has 31 heavy (non-hydrogen) atoms. The number of fused-ring (bicyclic) bond motifs is 1. The van der Waals surface area contributed by atoms with Gasteiger partial charge in [-0.1, -0.05) is 6.07 Å². The van der Waals surface area contributed by atoms with Crippen molar-refractivity contribution in [3.8, 4) is 5.82 Å². The minimum atomic E-state index is -0.479. The number of hydrogen-bond acceptors (Lipinski definition) is 7. The van der Waals surface area contributed by atoms with Crippen LogP contribution in [0.3, 0.4) is 0 Å². The fourth-order valence-corrected chi connectivity index (χ4v) is 3.69. The number of guanidine groups is 1. The number of imidazole rings is 1. The first-order valence-corrected chi connectivity index (χ1v) is 10.3. The molecule has 0 aromatic carbocycles. The zero-order chi connectivity index (χ0) is 21.3. The first-order chi connectivity index (χ1) is 14.3. The summed E-state index contributed by atoms with van der Waals surface area (Å²) in [6.07, 6.45) is 5.29. The van der Waals surface area contributed by atoms with Gasteiger partial charge in [-0.25, -0.2) is 14.8 Å². The molecule has 1 atom stereocenters. The lowest BCUT2D eigenvalue weighted by atomic mass is 10.2. The Labute approximate surface area is 199 Å². The number of piperazine rings is 1. The van der Waals surface area contributed by atoms with Crippen molar-refractivity contribution in [3.05, 3.63) is 42.1 Å². The highest BCUT2D eigenvalue weighted by atomic mass is 127. The summed E-state index contributed by atoms with van der Waals surface area (Å²) in [5, 5.41) is 3.43. The highest BCUT2D eigenvalue weighted by molar-refractivity contribution is 14.0. The van der Waals surface area contributed by atoms with E-state index >= 15 is 0 Å². The molecule has 4 heterocycles. The van der Waals surface area contributed by atoms with Gasteiger partial charge in [0.15, 0.2) is 5.96 Å². The quantitative estimate of drug-likeness (QED) is 0.604. The summed E-state index contributed by atoms with van der Waals surface area (Å²) in [7, 11) is 0. The van der Waals surface area contributed by atoms with Crippen molar-refractivity contribution in [2.45, 2.75) is 45.9 Å². The molecule has 4 rings (SSSR count). The summed E-state index contributed by atoms with van der Waals surface area (Å²) in [5.41, 5.74) is 0.600. The Morgan fingerprint density at radius 2 is 2.06 bits per heavy atom. The number of nitrogens with zero attached hydrogens (tertiary/aromatic N) is 6. The van der Waals surface area contributed by atoms with Gasteiger partial charge in [0.2, 0.25) is 0 Å². The smallest absolute Gasteiger partial charge is 0.410 e. The maximum Gasteiger partial charge on any atom is 0.410 e. The van der Waals surface area contributed by atoms with E-state index in [4.69, 9.17) is 4.74 Å². The largest absolute Gasteiger partial charge is 0.444 e. The summed E-state index contributed by atoms with van der Waals surface area (Å²) >= 11 is 0. The molecule has 2 aliphatic heterocycles. The maximum absolute atomic E-state index is 12.3. The molecule has 1 amide bonds. The molecular formula is C21H30IN7O2. The number of halogens is 1. The molecule has 10 heteroatoms. The van der Waals surface area contributed by atoms with Crippen LogP contribution in [0.4, 0.5) is 4.79 Å². The second kappa shape index (κ2) is 9.41. The van der Waals surface area contributed by atoms with Gasteiger partial charge in [0.25, 0.3) is 0 Å². The van der Waals surface area contributed by atoms with Crippen LogP contribution in [0, 0.1) is 6.92 Å². The van der Waals surface area contributed by atoms with Gasteiger partial charge in [0.05, 0.1) is 12.6 Å². The molecule has 1 unspecified atom stereocenters. The number of hydrogen-bond donors (Lipinski definition) is 1. The molecule has 0 bridgehead atoms. The van der Waals surface area contributed by atoms with Crippen LogP contribution in [-0.4, -0.2) is 74.2 Å². The van der Waals surface area contributed by atoms with Crippen LogP contribution in [0.5, 0.6) is 0 Å². The van der Waals surface area contributed by atoms with Crippen LogP contribution in [0.25, 0.3) is 5.82 Å². The Kier molecular flexibility index (Phi) is 7.07. The first-order valence-electron chi connectivity index (χ1n) is 10.3. The average molecular weight is 539 g/mol. The van der Waals surface area contributed by atoms with Gasteiger partial charge in [-0.05, 0) is 39.3 Å².